The molecule has 0 aliphatic carbocycles. The third kappa shape index (κ3) is 1.72. The van der Waals surface area contributed by atoms with Crippen molar-refractivity contribution in [3.8, 4) is 0 Å². The molecule has 0 fully saturated rings. The van der Waals surface area contributed by atoms with E-state index in [4.69, 9.17) is 0 Å². The molecule has 0 saturated heterocycles. The molecule has 0 spiro atoms. The molecule has 6 heteroatoms. The van der Waals surface area contributed by atoms with Crippen molar-refractivity contribution in [2.24, 2.45) is 0 Å². The van der Waals surface area contributed by atoms with Gasteiger partial charge in [-0.1, -0.05) is 0 Å². The number of carbonyl (C=O) groups excluding carboxylic acids is 1. The summed E-state index contributed by atoms with van der Waals surface area (Å²) in [4.78, 5) is 20.0. The number of halogens is 2. The van der Waals surface area contributed by atoms with E-state index in [0.717, 1.165) is 12.1 Å². The summed E-state index contributed by atoms with van der Waals surface area (Å²) in [5, 5.41) is 10.3. The van der Waals surface area contributed by atoms with E-state index >= 15 is 0 Å². The molecule has 13 heavy (non-hydrogen) atoms. The van der Waals surface area contributed by atoms with E-state index in [-0.39, 0.29) is 22.0 Å². The lowest BCUT2D eigenvalue weighted by molar-refractivity contribution is -0.385. The highest BCUT2D eigenvalue weighted by molar-refractivity contribution is 9.10. The number of nitro groups is 1. The maximum Gasteiger partial charge on any atom is 0.284 e. The van der Waals surface area contributed by atoms with Crippen molar-refractivity contribution < 1.29 is 14.1 Å². The Bertz CT molecular complexity index is 380. The molecule has 0 amide bonds. The second-order valence-electron chi connectivity index (χ2n) is 2.17. The van der Waals surface area contributed by atoms with Crippen LogP contribution in [0.4, 0.5) is 10.1 Å². The van der Waals surface area contributed by atoms with Gasteiger partial charge >= 0.3 is 0 Å². The second kappa shape index (κ2) is 3.61. The fourth-order valence-corrected chi connectivity index (χ4v) is 1.37. The highest BCUT2D eigenvalue weighted by Crippen LogP contribution is 2.28. The van der Waals surface area contributed by atoms with Gasteiger partial charge in [0.05, 0.1) is 10.5 Å². The van der Waals surface area contributed by atoms with Gasteiger partial charge in [0.25, 0.3) is 5.69 Å². The van der Waals surface area contributed by atoms with Crippen molar-refractivity contribution in [3.05, 3.63) is 38.1 Å². The largest absolute Gasteiger partial charge is 0.298 e. The number of nitrogens with zero attached hydrogens (tertiary/aromatic N) is 1. The number of benzene rings is 1. The van der Waals surface area contributed by atoms with E-state index in [1.165, 1.54) is 0 Å². The molecule has 1 aromatic rings. The van der Waals surface area contributed by atoms with Gasteiger partial charge in [-0.3, -0.25) is 14.9 Å². The van der Waals surface area contributed by atoms with Crippen molar-refractivity contribution in [1.82, 2.24) is 0 Å². The van der Waals surface area contributed by atoms with Gasteiger partial charge in [-0.05, 0) is 22.0 Å². The van der Waals surface area contributed by atoms with Crippen LogP contribution in [0.25, 0.3) is 0 Å². The summed E-state index contributed by atoms with van der Waals surface area (Å²) in [6.07, 6.45) is 0.229. The lowest BCUT2D eigenvalue weighted by Crippen LogP contribution is -1.95. The van der Waals surface area contributed by atoms with Gasteiger partial charge in [0.1, 0.15) is 10.3 Å². The molecule has 0 bridgehead atoms. The molecule has 0 atom stereocenters. The first kappa shape index (κ1) is 9.79. The summed E-state index contributed by atoms with van der Waals surface area (Å²) in [7, 11) is 0. The van der Waals surface area contributed by atoms with Crippen LogP contribution in [0.3, 0.4) is 0 Å². The molecule has 0 unspecified atom stereocenters. The van der Waals surface area contributed by atoms with Crippen LogP contribution in [-0.2, 0) is 0 Å². The van der Waals surface area contributed by atoms with Crippen LogP contribution >= 0.6 is 15.9 Å². The highest BCUT2D eigenvalue weighted by atomic mass is 79.9. The molecule has 0 radical (unpaired) electrons. The average molecular weight is 248 g/mol. The Kier molecular flexibility index (Phi) is 2.72. The molecule has 0 N–H and O–H groups in total. The van der Waals surface area contributed by atoms with Crippen LogP contribution in [-0.4, -0.2) is 11.2 Å². The van der Waals surface area contributed by atoms with Crippen molar-refractivity contribution in [1.29, 1.82) is 0 Å². The SMILES string of the molecule is O=Cc1c(F)ccc([N+](=O)[O-])c1Br. The first-order chi connectivity index (χ1) is 6.07. The summed E-state index contributed by atoms with van der Waals surface area (Å²) in [5.41, 5.74) is -0.669. The van der Waals surface area contributed by atoms with Gasteiger partial charge in [0, 0.05) is 6.07 Å². The quantitative estimate of drug-likeness (QED) is 0.458. The summed E-state index contributed by atoms with van der Waals surface area (Å²) in [5.74, 6) is -0.785. The average Bonchev–Trinajstić information content (AvgIpc) is 2.04. The molecular weight excluding hydrogens is 245 g/mol. The van der Waals surface area contributed by atoms with Crippen LogP contribution in [0.1, 0.15) is 10.4 Å². The Balaban J connectivity index is 3.44. The first-order valence-corrected chi connectivity index (χ1v) is 3.94. The molecule has 4 nitrogen and oxygen atoms in total. The molecule has 0 heterocycles. The second-order valence-corrected chi connectivity index (χ2v) is 2.96. The molecule has 1 aromatic carbocycles. The number of nitro benzene ring substituents is 1. The van der Waals surface area contributed by atoms with Crippen molar-refractivity contribution in [2.75, 3.05) is 0 Å². The van der Waals surface area contributed by atoms with E-state index in [9.17, 15) is 19.3 Å². The maximum absolute atomic E-state index is 12.8. The Labute approximate surface area is 80.6 Å². The molecule has 68 valence electrons. The normalized spacial score (nSPS) is 9.69. The van der Waals surface area contributed by atoms with Gasteiger partial charge in [-0.15, -0.1) is 0 Å². The van der Waals surface area contributed by atoms with E-state index in [2.05, 4.69) is 15.9 Å². The van der Waals surface area contributed by atoms with Crippen LogP contribution in [0, 0.1) is 15.9 Å². The minimum Gasteiger partial charge on any atom is -0.298 e. The molecule has 0 saturated carbocycles. The van der Waals surface area contributed by atoms with Crippen molar-refractivity contribution in [3.63, 3.8) is 0 Å². The monoisotopic (exact) mass is 247 g/mol. The molecule has 0 aromatic heterocycles. The van der Waals surface area contributed by atoms with Crippen molar-refractivity contribution in [2.45, 2.75) is 0 Å². The maximum atomic E-state index is 12.8. The Morgan fingerprint density at radius 2 is 2.15 bits per heavy atom. The lowest BCUT2D eigenvalue weighted by atomic mass is 10.2. The number of carbonyl (C=O) groups is 1. The fraction of sp³-hybridized carbons (Fsp3) is 0. The number of aldehydes is 1. The zero-order valence-corrected chi connectivity index (χ0v) is 7.75. The lowest BCUT2D eigenvalue weighted by Gasteiger charge is -1.98. The Morgan fingerprint density at radius 3 is 2.62 bits per heavy atom. The molecule has 1 rings (SSSR count). The third-order valence-corrected chi connectivity index (χ3v) is 2.25. The summed E-state index contributed by atoms with van der Waals surface area (Å²) in [6.45, 7) is 0. The first-order valence-electron chi connectivity index (χ1n) is 3.15. The fourth-order valence-electron chi connectivity index (χ4n) is 0.807. The van der Waals surface area contributed by atoms with E-state index < -0.39 is 10.7 Å². The van der Waals surface area contributed by atoms with Gasteiger partial charge in [-0.2, -0.15) is 0 Å². The minimum absolute atomic E-state index is 0.132. The smallest absolute Gasteiger partial charge is 0.284 e. The van der Waals surface area contributed by atoms with E-state index in [0.29, 0.717) is 0 Å². The zero-order chi connectivity index (χ0) is 10.0. The Hall–Kier alpha value is -1.30. The van der Waals surface area contributed by atoms with Crippen LogP contribution in [0.5, 0.6) is 0 Å². The summed E-state index contributed by atoms with van der Waals surface area (Å²) < 4.78 is 12.7. The highest BCUT2D eigenvalue weighted by Gasteiger charge is 2.18. The predicted octanol–water partition coefficient (Wildman–Crippen LogP) is 2.31. The number of rotatable bonds is 2. The van der Waals surface area contributed by atoms with Crippen LogP contribution in [0.2, 0.25) is 0 Å². The van der Waals surface area contributed by atoms with Crippen LogP contribution in [0.15, 0.2) is 16.6 Å². The van der Waals surface area contributed by atoms with Gasteiger partial charge in [0.15, 0.2) is 6.29 Å². The zero-order valence-electron chi connectivity index (χ0n) is 6.16. The van der Waals surface area contributed by atoms with Gasteiger partial charge < -0.3 is 0 Å². The van der Waals surface area contributed by atoms with Crippen molar-refractivity contribution >= 4 is 27.9 Å². The molecular formula is C7H3BrFNO3. The van der Waals surface area contributed by atoms with E-state index in [1.807, 2.05) is 0 Å². The predicted molar refractivity (Wildman–Crippen MR) is 46.1 cm³/mol. The summed E-state index contributed by atoms with van der Waals surface area (Å²) >= 11 is 2.78. The van der Waals surface area contributed by atoms with Gasteiger partial charge in [-0.25, -0.2) is 4.39 Å². The molecule has 0 aliphatic heterocycles. The minimum atomic E-state index is -0.785. The van der Waals surface area contributed by atoms with Gasteiger partial charge in [0.2, 0.25) is 0 Å². The number of hydrogen-bond donors (Lipinski definition) is 0. The standard InChI is InChI=1S/C7H3BrFNO3/c8-7-4(3-11)5(9)1-2-6(7)10(12)13/h1-3H. The Morgan fingerprint density at radius 1 is 1.54 bits per heavy atom. The number of hydrogen-bond acceptors (Lipinski definition) is 3. The van der Waals surface area contributed by atoms with Crippen LogP contribution < -0.4 is 0 Å². The topological polar surface area (TPSA) is 60.2 Å². The molecule has 0 aliphatic rings. The van der Waals surface area contributed by atoms with E-state index in [1.54, 1.807) is 0 Å². The summed E-state index contributed by atoms with van der Waals surface area (Å²) in [6, 6.07) is 1.87. The third-order valence-electron chi connectivity index (χ3n) is 1.42.